The largest absolute Gasteiger partial charge is 0.361 e. The number of nitrogens with zero attached hydrogens (tertiary/aromatic N) is 1. The molecular weight excluding hydrogens is 304 g/mol. The van der Waals surface area contributed by atoms with Crippen LogP contribution in [0.3, 0.4) is 0 Å². The monoisotopic (exact) mass is 320 g/mol. The van der Waals surface area contributed by atoms with Crippen molar-refractivity contribution >= 4 is 17.9 Å². The molecule has 2 heteroatoms. The fourth-order valence-electron chi connectivity index (χ4n) is 4.43. The molecule has 0 saturated carbocycles. The van der Waals surface area contributed by atoms with Gasteiger partial charge in [0.1, 0.15) is 0 Å². The van der Waals surface area contributed by atoms with Gasteiger partial charge in [-0.3, -0.25) is 4.99 Å². The average molecular weight is 320 g/mol. The van der Waals surface area contributed by atoms with Crippen molar-refractivity contribution in [2.45, 2.75) is 12.8 Å². The zero-order valence-corrected chi connectivity index (χ0v) is 13.7. The Morgan fingerprint density at radius 2 is 1.60 bits per heavy atom. The van der Waals surface area contributed by atoms with Crippen LogP contribution >= 0.6 is 0 Å². The van der Waals surface area contributed by atoms with E-state index in [4.69, 9.17) is 4.99 Å². The maximum absolute atomic E-state index is 4.72. The van der Waals surface area contributed by atoms with E-state index < -0.39 is 0 Å². The van der Waals surface area contributed by atoms with Gasteiger partial charge < -0.3 is 4.98 Å². The van der Waals surface area contributed by atoms with E-state index in [0.717, 1.165) is 18.5 Å². The molecule has 0 radical (unpaired) electrons. The molecule has 2 aliphatic carbocycles. The molecule has 0 unspecified atom stereocenters. The summed E-state index contributed by atoms with van der Waals surface area (Å²) in [5.41, 5.74) is 13.2. The normalized spacial score (nSPS) is 17.8. The molecule has 0 atom stereocenters. The number of hydrogen-bond acceptors (Lipinski definition) is 1. The highest BCUT2D eigenvalue weighted by Gasteiger charge is 2.27. The van der Waals surface area contributed by atoms with E-state index in [2.05, 4.69) is 65.8 Å². The van der Waals surface area contributed by atoms with Crippen molar-refractivity contribution in [3.05, 3.63) is 93.9 Å². The summed E-state index contributed by atoms with van der Waals surface area (Å²) in [6.45, 7) is 0. The highest BCUT2D eigenvalue weighted by molar-refractivity contribution is 6.07. The second-order valence-electron chi connectivity index (χ2n) is 6.96. The molecule has 3 aliphatic rings. The highest BCUT2D eigenvalue weighted by Crippen LogP contribution is 2.44. The van der Waals surface area contributed by atoms with Crippen molar-refractivity contribution in [2.24, 2.45) is 4.99 Å². The molecule has 0 fully saturated rings. The number of aromatic amines is 1. The van der Waals surface area contributed by atoms with Crippen LogP contribution in [0.5, 0.6) is 0 Å². The quantitative estimate of drug-likeness (QED) is 0.510. The Balaban J connectivity index is 1.50. The number of H-pyrrole nitrogens is 1. The second-order valence-corrected chi connectivity index (χ2v) is 6.96. The Kier molecular flexibility index (Phi) is 2.48. The molecule has 0 bridgehead atoms. The van der Waals surface area contributed by atoms with Crippen LogP contribution in [0.15, 0.2) is 71.0 Å². The summed E-state index contributed by atoms with van der Waals surface area (Å²) in [5.74, 6) is 0. The molecule has 0 amide bonds. The molecule has 6 rings (SSSR count). The molecule has 2 aromatic carbocycles. The van der Waals surface area contributed by atoms with E-state index in [0.29, 0.717) is 0 Å². The van der Waals surface area contributed by atoms with Crippen molar-refractivity contribution < 1.29 is 0 Å². The minimum Gasteiger partial charge on any atom is -0.361 e. The molecule has 2 heterocycles. The number of allylic oxidation sites excluding steroid dienone is 2. The van der Waals surface area contributed by atoms with Crippen LogP contribution in [0.1, 0.15) is 27.9 Å². The summed E-state index contributed by atoms with van der Waals surface area (Å²) < 4.78 is 0. The zero-order chi connectivity index (χ0) is 16.4. The lowest BCUT2D eigenvalue weighted by Gasteiger charge is -2.06. The topological polar surface area (TPSA) is 28.1 Å². The zero-order valence-electron chi connectivity index (χ0n) is 13.7. The lowest BCUT2D eigenvalue weighted by atomic mass is 10.0. The third-order valence-corrected chi connectivity index (χ3v) is 5.55. The number of fused-ring (bicyclic) bond motifs is 5. The van der Waals surface area contributed by atoms with Crippen LogP contribution in [0, 0.1) is 0 Å². The van der Waals surface area contributed by atoms with Crippen molar-refractivity contribution in [2.75, 3.05) is 0 Å². The van der Waals surface area contributed by atoms with Gasteiger partial charge in [0, 0.05) is 42.1 Å². The molecule has 1 aliphatic heterocycles. The molecule has 3 aromatic rings. The standard InChI is InChI=1S/C23H16N2/c1-3-7-18-14(5-1)9-16-12-24-20(22(16)18)11-21-23-17(13-25-21)10-15-6-2-4-8-19(15)23/h1-8,11-13,24H,9-10H2/b21-11-. The van der Waals surface area contributed by atoms with E-state index in [1.807, 2.05) is 6.21 Å². The maximum Gasteiger partial charge on any atom is 0.0732 e. The van der Waals surface area contributed by atoms with Gasteiger partial charge in [0.05, 0.1) is 5.70 Å². The van der Waals surface area contributed by atoms with E-state index in [1.54, 1.807) is 0 Å². The van der Waals surface area contributed by atoms with Crippen LogP contribution in [0.2, 0.25) is 0 Å². The fourth-order valence-corrected chi connectivity index (χ4v) is 4.43. The Bertz CT molecular complexity index is 1140. The minimum absolute atomic E-state index is 0.998. The number of hydrogen-bond donors (Lipinski definition) is 1. The minimum atomic E-state index is 0.998. The van der Waals surface area contributed by atoms with Crippen molar-refractivity contribution in [1.29, 1.82) is 0 Å². The molecule has 1 aromatic heterocycles. The van der Waals surface area contributed by atoms with Crippen LogP contribution in [-0.2, 0) is 12.8 Å². The van der Waals surface area contributed by atoms with Crippen molar-refractivity contribution in [3.63, 3.8) is 0 Å². The summed E-state index contributed by atoms with van der Waals surface area (Å²) in [4.78, 5) is 8.19. The van der Waals surface area contributed by atoms with Gasteiger partial charge in [-0.1, -0.05) is 48.5 Å². The number of benzene rings is 2. The summed E-state index contributed by atoms with van der Waals surface area (Å²) in [5, 5.41) is 0. The SMILES string of the molecule is C1=N/C(=C\c2[nH]cc3c2-c2ccccc2C3)C2=C1Cc1ccccc12. The van der Waals surface area contributed by atoms with E-state index in [-0.39, 0.29) is 0 Å². The predicted molar refractivity (Wildman–Crippen MR) is 103 cm³/mol. The molecule has 0 spiro atoms. The molecular formula is C23H16N2. The van der Waals surface area contributed by atoms with Gasteiger partial charge in [-0.05, 0) is 39.5 Å². The molecule has 1 N–H and O–H groups in total. The van der Waals surface area contributed by atoms with Gasteiger partial charge in [0.25, 0.3) is 0 Å². The summed E-state index contributed by atoms with van der Waals surface area (Å²) in [6, 6.07) is 17.4. The lowest BCUT2D eigenvalue weighted by Crippen LogP contribution is -1.87. The molecule has 118 valence electrons. The first-order chi connectivity index (χ1) is 12.4. The third-order valence-electron chi connectivity index (χ3n) is 5.55. The van der Waals surface area contributed by atoms with Gasteiger partial charge in [0.2, 0.25) is 0 Å². The second kappa shape index (κ2) is 4.70. The third kappa shape index (κ3) is 1.77. The van der Waals surface area contributed by atoms with E-state index >= 15 is 0 Å². The predicted octanol–water partition coefficient (Wildman–Crippen LogP) is 5.02. The van der Waals surface area contributed by atoms with Gasteiger partial charge in [-0.2, -0.15) is 0 Å². The Labute approximate surface area is 146 Å². The molecule has 0 saturated heterocycles. The summed E-state index contributed by atoms with van der Waals surface area (Å²) in [7, 11) is 0. The first kappa shape index (κ1) is 13.2. The smallest absolute Gasteiger partial charge is 0.0732 e. The number of aliphatic imine (C=N–C) groups is 1. The van der Waals surface area contributed by atoms with Gasteiger partial charge in [0.15, 0.2) is 0 Å². The lowest BCUT2D eigenvalue weighted by molar-refractivity contribution is 1.24. The number of rotatable bonds is 1. The van der Waals surface area contributed by atoms with Crippen LogP contribution in [0.25, 0.3) is 22.8 Å². The first-order valence-electron chi connectivity index (χ1n) is 8.74. The Morgan fingerprint density at radius 3 is 2.48 bits per heavy atom. The summed E-state index contributed by atoms with van der Waals surface area (Å²) >= 11 is 0. The van der Waals surface area contributed by atoms with Crippen LogP contribution in [0.4, 0.5) is 0 Å². The molecule has 2 nitrogen and oxygen atoms in total. The van der Waals surface area contributed by atoms with Gasteiger partial charge in [-0.15, -0.1) is 0 Å². The average Bonchev–Trinajstić information content (AvgIpc) is 3.36. The molecule has 25 heavy (non-hydrogen) atoms. The maximum atomic E-state index is 4.72. The van der Waals surface area contributed by atoms with Crippen molar-refractivity contribution in [1.82, 2.24) is 4.98 Å². The fraction of sp³-hybridized carbons (Fsp3) is 0.0870. The van der Waals surface area contributed by atoms with Gasteiger partial charge in [-0.25, -0.2) is 0 Å². The summed E-state index contributed by atoms with van der Waals surface area (Å²) in [6.07, 6.45) is 8.43. The Morgan fingerprint density at radius 1 is 0.840 bits per heavy atom. The van der Waals surface area contributed by atoms with Gasteiger partial charge >= 0.3 is 0 Å². The van der Waals surface area contributed by atoms with E-state index in [1.165, 1.54) is 50.2 Å². The number of nitrogens with one attached hydrogen (secondary N) is 1. The van der Waals surface area contributed by atoms with E-state index in [9.17, 15) is 0 Å². The number of aromatic nitrogens is 1. The highest BCUT2D eigenvalue weighted by atomic mass is 14.8. The first-order valence-corrected chi connectivity index (χ1v) is 8.74. The van der Waals surface area contributed by atoms with Crippen LogP contribution in [-0.4, -0.2) is 11.2 Å². The van der Waals surface area contributed by atoms with Crippen LogP contribution < -0.4 is 0 Å². The Hall–Kier alpha value is -3.13. The van der Waals surface area contributed by atoms with Crippen molar-refractivity contribution in [3.8, 4) is 11.1 Å².